The number of halogens is 1. The van der Waals surface area contributed by atoms with Gasteiger partial charge in [-0.3, -0.25) is 0 Å². The van der Waals surface area contributed by atoms with E-state index >= 15 is 0 Å². The zero-order chi connectivity index (χ0) is 14.4. The molecule has 2 nitrogen and oxygen atoms in total. The number of aliphatic hydroxyl groups excluding tert-OH is 1. The summed E-state index contributed by atoms with van der Waals surface area (Å²) < 4.78 is 6.53. The topological polar surface area (TPSA) is 29.5 Å². The standard InChI is InChI=1S/C17H19BrO2/c1-2-10-20-14-8-9-16(18)15(12-14)17(19)11-13-6-4-3-5-7-13/h3-9,12,17,19H,2,10-11H2,1H3. The van der Waals surface area contributed by atoms with E-state index < -0.39 is 6.10 Å². The first-order valence-electron chi connectivity index (χ1n) is 6.85. The van der Waals surface area contributed by atoms with Gasteiger partial charge in [0.15, 0.2) is 0 Å². The number of aliphatic hydroxyl groups is 1. The molecule has 2 aromatic carbocycles. The molecule has 1 N–H and O–H groups in total. The van der Waals surface area contributed by atoms with Crippen molar-refractivity contribution in [3.8, 4) is 5.75 Å². The minimum absolute atomic E-state index is 0.544. The highest BCUT2D eigenvalue weighted by atomic mass is 79.9. The van der Waals surface area contributed by atoms with Crippen molar-refractivity contribution in [1.29, 1.82) is 0 Å². The molecule has 0 radical (unpaired) electrons. The highest BCUT2D eigenvalue weighted by Crippen LogP contribution is 2.29. The lowest BCUT2D eigenvalue weighted by Crippen LogP contribution is -2.04. The first-order valence-corrected chi connectivity index (χ1v) is 7.64. The zero-order valence-corrected chi connectivity index (χ0v) is 13.1. The third kappa shape index (κ3) is 4.09. The van der Waals surface area contributed by atoms with Gasteiger partial charge in [-0.1, -0.05) is 53.2 Å². The fourth-order valence-corrected chi connectivity index (χ4v) is 2.55. The van der Waals surface area contributed by atoms with Gasteiger partial charge in [0.1, 0.15) is 5.75 Å². The van der Waals surface area contributed by atoms with Crippen LogP contribution in [0.1, 0.15) is 30.6 Å². The molecule has 0 aliphatic heterocycles. The largest absolute Gasteiger partial charge is 0.494 e. The Bertz CT molecular complexity index is 540. The molecule has 106 valence electrons. The van der Waals surface area contributed by atoms with E-state index in [4.69, 9.17) is 4.74 Å². The van der Waals surface area contributed by atoms with Gasteiger partial charge in [0, 0.05) is 10.9 Å². The van der Waals surface area contributed by atoms with Gasteiger partial charge in [-0.05, 0) is 35.7 Å². The Kier molecular flexibility index (Phi) is 5.62. The Morgan fingerprint density at radius 3 is 2.60 bits per heavy atom. The average molecular weight is 335 g/mol. The van der Waals surface area contributed by atoms with E-state index in [-0.39, 0.29) is 0 Å². The van der Waals surface area contributed by atoms with Crippen LogP contribution in [0.4, 0.5) is 0 Å². The monoisotopic (exact) mass is 334 g/mol. The van der Waals surface area contributed by atoms with Crippen LogP contribution in [0.3, 0.4) is 0 Å². The van der Waals surface area contributed by atoms with Gasteiger partial charge < -0.3 is 9.84 Å². The van der Waals surface area contributed by atoms with E-state index in [9.17, 15) is 5.11 Å². The summed E-state index contributed by atoms with van der Waals surface area (Å²) in [5.41, 5.74) is 1.98. The van der Waals surface area contributed by atoms with Crippen molar-refractivity contribution in [3.63, 3.8) is 0 Å². The first kappa shape index (κ1) is 15.1. The van der Waals surface area contributed by atoms with Crippen LogP contribution in [0.2, 0.25) is 0 Å². The number of rotatable bonds is 6. The molecular weight excluding hydrogens is 316 g/mol. The summed E-state index contributed by atoms with van der Waals surface area (Å²) in [5.74, 6) is 0.803. The lowest BCUT2D eigenvalue weighted by molar-refractivity contribution is 0.177. The van der Waals surface area contributed by atoms with Crippen LogP contribution in [0.5, 0.6) is 5.75 Å². The molecule has 3 heteroatoms. The summed E-state index contributed by atoms with van der Waals surface area (Å²) in [4.78, 5) is 0. The van der Waals surface area contributed by atoms with Crippen molar-refractivity contribution in [1.82, 2.24) is 0 Å². The van der Waals surface area contributed by atoms with E-state index in [1.807, 2.05) is 48.5 Å². The predicted molar refractivity (Wildman–Crippen MR) is 85.0 cm³/mol. The van der Waals surface area contributed by atoms with Crippen LogP contribution < -0.4 is 4.74 Å². The SMILES string of the molecule is CCCOc1ccc(Br)c(C(O)Cc2ccccc2)c1. The summed E-state index contributed by atoms with van der Waals surface area (Å²) >= 11 is 3.50. The number of benzene rings is 2. The minimum atomic E-state index is -0.544. The van der Waals surface area contributed by atoms with Crippen LogP contribution in [0.15, 0.2) is 53.0 Å². The molecule has 0 heterocycles. The smallest absolute Gasteiger partial charge is 0.119 e. The van der Waals surface area contributed by atoms with Crippen molar-refractivity contribution in [2.45, 2.75) is 25.9 Å². The molecule has 2 rings (SSSR count). The molecule has 0 amide bonds. The molecule has 0 fully saturated rings. The van der Waals surface area contributed by atoms with Gasteiger partial charge in [0.2, 0.25) is 0 Å². The third-order valence-electron chi connectivity index (χ3n) is 3.07. The highest BCUT2D eigenvalue weighted by molar-refractivity contribution is 9.10. The molecule has 1 unspecified atom stereocenters. The molecule has 0 spiro atoms. The van der Waals surface area contributed by atoms with Crippen LogP contribution >= 0.6 is 15.9 Å². The molecule has 20 heavy (non-hydrogen) atoms. The second-order valence-corrected chi connectivity index (χ2v) is 5.59. The Labute approximate surface area is 128 Å². The van der Waals surface area contributed by atoms with Gasteiger partial charge >= 0.3 is 0 Å². The van der Waals surface area contributed by atoms with Gasteiger partial charge in [-0.2, -0.15) is 0 Å². The zero-order valence-electron chi connectivity index (χ0n) is 11.6. The Morgan fingerprint density at radius 1 is 1.15 bits per heavy atom. The van der Waals surface area contributed by atoms with Gasteiger partial charge in [0.25, 0.3) is 0 Å². The molecule has 0 aliphatic rings. The number of hydrogen-bond donors (Lipinski definition) is 1. The van der Waals surface area contributed by atoms with Crippen molar-refractivity contribution in [3.05, 3.63) is 64.1 Å². The van der Waals surface area contributed by atoms with Crippen molar-refractivity contribution < 1.29 is 9.84 Å². The maximum absolute atomic E-state index is 10.4. The average Bonchev–Trinajstić information content (AvgIpc) is 2.47. The second-order valence-electron chi connectivity index (χ2n) is 4.74. The van der Waals surface area contributed by atoms with Gasteiger partial charge in [-0.15, -0.1) is 0 Å². The second kappa shape index (κ2) is 7.46. The van der Waals surface area contributed by atoms with E-state index in [2.05, 4.69) is 22.9 Å². The fraction of sp³-hybridized carbons (Fsp3) is 0.294. The van der Waals surface area contributed by atoms with E-state index in [0.29, 0.717) is 13.0 Å². The molecule has 0 aliphatic carbocycles. The lowest BCUT2D eigenvalue weighted by atomic mass is 10.0. The van der Waals surface area contributed by atoms with Crippen LogP contribution in [0, 0.1) is 0 Å². The molecule has 0 aromatic heterocycles. The molecule has 0 saturated carbocycles. The van der Waals surface area contributed by atoms with E-state index in [0.717, 1.165) is 27.8 Å². The van der Waals surface area contributed by atoms with Crippen LogP contribution in [-0.4, -0.2) is 11.7 Å². The fourth-order valence-electron chi connectivity index (χ4n) is 2.03. The summed E-state index contributed by atoms with van der Waals surface area (Å²) in [6.45, 7) is 2.76. The molecule has 2 aromatic rings. The van der Waals surface area contributed by atoms with Crippen LogP contribution in [0.25, 0.3) is 0 Å². The Balaban J connectivity index is 2.13. The molecular formula is C17H19BrO2. The third-order valence-corrected chi connectivity index (χ3v) is 3.79. The van der Waals surface area contributed by atoms with Gasteiger partial charge in [0.05, 0.1) is 12.7 Å². The van der Waals surface area contributed by atoms with E-state index in [1.54, 1.807) is 0 Å². The van der Waals surface area contributed by atoms with Crippen molar-refractivity contribution >= 4 is 15.9 Å². The lowest BCUT2D eigenvalue weighted by Gasteiger charge is -2.15. The van der Waals surface area contributed by atoms with E-state index in [1.165, 1.54) is 0 Å². The summed E-state index contributed by atoms with van der Waals surface area (Å²) in [7, 11) is 0. The Hall–Kier alpha value is -1.32. The van der Waals surface area contributed by atoms with Crippen LogP contribution in [-0.2, 0) is 6.42 Å². The molecule has 0 bridgehead atoms. The maximum atomic E-state index is 10.4. The first-order chi connectivity index (χ1) is 9.70. The summed E-state index contributed by atoms with van der Waals surface area (Å²) in [6.07, 6.45) is 1.02. The maximum Gasteiger partial charge on any atom is 0.119 e. The molecule has 1 atom stereocenters. The summed E-state index contributed by atoms with van der Waals surface area (Å²) in [6, 6.07) is 15.7. The Morgan fingerprint density at radius 2 is 1.90 bits per heavy atom. The van der Waals surface area contributed by atoms with Crippen molar-refractivity contribution in [2.75, 3.05) is 6.61 Å². The predicted octanol–water partition coefficient (Wildman–Crippen LogP) is 4.51. The normalized spacial score (nSPS) is 12.2. The highest BCUT2D eigenvalue weighted by Gasteiger charge is 2.13. The minimum Gasteiger partial charge on any atom is -0.494 e. The summed E-state index contributed by atoms with van der Waals surface area (Å²) in [5, 5.41) is 10.4. The number of hydrogen-bond acceptors (Lipinski definition) is 2. The number of ether oxygens (including phenoxy) is 1. The van der Waals surface area contributed by atoms with Gasteiger partial charge in [-0.25, -0.2) is 0 Å². The quantitative estimate of drug-likeness (QED) is 0.841. The van der Waals surface area contributed by atoms with Crippen molar-refractivity contribution in [2.24, 2.45) is 0 Å². The molecule has 0 saturated heterocycles.